The van der Waals surface area contributed by atoms with E-state index in [1.54, 1.807) is 31.4 Å². The molecular formula is C10H14N4O2S2. The minimum Gasteiger partial charge on any atom is -0.330 e. The maximum absolute atomic E-state index is 12.0. The van der Waals surface area contributed by atoms with Gasteiger partial charge in [-0.15, -0.1) is 11.3 Å². The first kappa shape index (κ1) is 13.1. The maximum atomic E-state index is 12.0. The van der Waals surface area contributed by atoms with Crippen LogP contribution in [0.25, 0.3) is 0 Å². The standard InChI is InChI=1S/C10H14N4O2S2/c1-14-7-5-9(12-14)13-18(15,16)10-3-2-8(17-10)4-6-11/h2-3,5,7H,4,6,11H2,1H3,(H,12,13). The summed E-state index contributed by atoms with van der Waals surface area (Å²) in [6.45, 7) is 0.508. The summed E-state index contributed by atoms with van der Waals surface area (Å²) in [4.78, 5) is 0.957. The third-order valence-corrected chi connectivity index (χ3v) is 5.24. The molecule has 0 spiro atoms. The molecule has 0 saturated carbocycles. The summed E-state index contributed by atoms with van der Waals surface area (Å²) in [5.74, 6) is 0.311. The second-order valence-electron chi connectivity index (χ2n) is 3.74. The molecule has 0 atom stereocenters. The molecule has 0 aliphatic rings. The fourth-order valence-corrected chi connectivity index (χ4v) is 3.80. The fraction of sp³-hybridized carbons (Fsp3) is 0.300. The van der Waals surface area contributed by atoms with E-state index in [9.17, 15) is 8.42 Å². The highest BCUT2D eigenvalue weighted by Crippen LogP contribution is 2.23. The van der Waals surface area contributed by atoms with Crippen molar-refractivity contribution < 1.29 is 8.42 Å². The molecule has 2 aromatic heterocycles. The lowest BCUT2D eigenvalue weighted by molar-refractivity contribution is 0.603. The van der Waals surface area contributed by atoms with Gasteiger partial charge in [0.05, 0.1) is 0 Å². The molecular weight excluding hydrogens is 272 g/mol. The molecule has 2 heterocycles. The van der Waals surface area contributed by atoms with Gasteiger partial charge < -0.3 is 5.73 Å². The molecule has 0 aliphatic heterocycles. The van der Waals surface area contributed by atoms with Gasteiger partial charge in [-0.05, 0) is 25.1 Å². The minimum atomic E-state index is -3.55. The number of nitrogens with two attached hydrogens (primary N) is 1. The molecule has 0 saturated heterocycles. The monoisotopic (exact) mass is 286 g/mol. The molecule has 3 N–H and O–H groups in total. The van der Waals surface area contributed by atoms with Gasteiger partial charge in [-0.1, -0.05) is 0 Å². The van der Waals surface area contributed by atoms with Crippen molar-refractivity contribution in [3.8, 4) is 0 Å². The number of thiophene rings is 1. The van der Waals surface area contributed by atoms with Gasteiger partial charge in [0, 0.05) is 24.2 Å². The number of aromatic nitrogens is 2. The van der Waals surface area contributed by atoms with Crippen LogP contribution in [-0.2, 0) is 23.5 Å². The van der Waals surface area contributed by atoms with Crippen LogP contribution in [0.2, 0.25) is 0 Å². The molecule has 0 fully saturated rings. The van der Waals surface area contributed by atoms with Crippen LogP contribution < -0.4 is 10.5 Å². The Kier molecular flexibility index (Phi) is 3.69. The van der Waals surface area contributed by atoms with Crippen molar-refractivity contribution in [1.82, 2.24) is 9.78 Å². The third kappa shape index (κ3) is 2.89. The molecule has 0 aromatic carbocycles. The molecule has 8 heteroatoms. The minimum absolute atomic E-state index is 0.275. The zero-order valence-electron chi connectivity index (χ0n) is 9.83. The normalized spacial score (nSPS) is 11.7. The number of hydrogen-bond acceptors (Lipinski definition) is 5. The van der Waals surface area contributed by atoms with Gasteiger partial charge in [0.2, 0.25) is 0 Å². The highest BCUT2D eigenvalue weighted by Gasteiger charge is 2.17. The SMILES string of the molecule is Cn1ccc(NS(=O)(=O)c2ccc(CCN)s2)n1. The fourth-order valence-electron chi connectivity index (χ4n) is 1.44. The Morgan fingerprint density at radius 2 is 2.22 bits per heavy atom. The molecule has 0 bridgehead atoms. The lowest BCUT2D eigenvalue weighted by atomic mass is 10.3. The lowest BCUT2D eigenvalue weighted by Crippen LogP contribution is -2.12. The summed E-state index contributed by atoms with van der Waals surface area (Å²) in [5.41, 5.74) is 5.43. The number of nitrogens with zero attached hydrogens (tertiary/aromatic N) is 2. The van der Waals surface area contributed by atoms with Crippen LogP contribution in [0.15, 0.2) is 28.6 Å². The Morgan fingerprint density at radius 3 is 2.83 bits per heavy atom. The lowest BCUT2D eigenvalue weighted by Gasteiger charge is -2.02. The van der Waals surface area contributed by atoms with E-state index in [1.807, 2.05) is 0 Å². The number of aryl methyl sites for hydroxylation is 1. The van der Waals surface area contributed by atoms with E-state index in [-0.39, 0.29) is 4.21 Å². The van der Waals surface area contributed by atoms with E-state index in [1.165, 1.54) is 16.0 Å². The van der Waals surface area contributed by atoms with Gasteiger partial charge >= 0.3 is 0 Å². The van der Waals surface area contributed by atoms with Crippen molar-refractivity contribution in [2.24, 2.45) is 12.8 Å². The average molecular weight is 286 g/mol. The highest BCUT2D eigenvalue weighted by molar-refractivity contribution is 7.94. The van der Waals surface area contributed by atoms with Crippen LogP contribution >= 0.6 is 11.3 Å². The van der Waals surface area contributed by atoms with Gasteiger partial charge in [-0.25, -0.2) is 8.42 Å². The van der Waals surface area contributed by atoms with E-state index in [4.69, 9.17) is 5.73 Å². The summed E-state index contributed by atoms with van der Waals surface area (Å²) in [6, 6.07) is 4.97. The van der Waals surface area contributed by atoms with Gasteiger partial charge in [-0.3, -0.25) is 9.40 Å². The van der Waals surface area contributed by atoms with Gasteiger partial charge in [0.25, 0.3) is 10.0 Å². The highest BCUT2D eigenvalue weighted by atomic mass is 32.2. The summed E-state index contributed by atoms with van der Waals surface area (Å²) in [7, 11) is -1.82. The first-order valence-electron chi connectivity index (χ1n) is 5.32. The first-order valence-corrected chi connectivity index (χ1v) is 7.62. The van der Waals surface area contributed by atoms with Gasteiger partial charge in [0.15, 0.2) is 5.82 Å². The molecule has 18 heavy (non-hydrogen) atoms. The van der Waals surface area contributed by atoms with Crippen LogP contribution in [0.5, 0.6) is 0 Å². The van der Waals surface area contributed by atoms with Gasteiger partial charge in [-0.2, -0.15) is 5.10 Å². The van der Waals surface area contributed by atoms with Crippen molar-refractivity contribution in [1.29, 1.82) is 0 Å². The first-order chi connectivity index (χ1) is 8.51. The number of nitrogens with one attached hydrogen (secondary N) is 1. The Labute approximate surface area is 109 Å². The zero-order valence-corrected chi connectivity index (χ0v) is 11.5. The second kappa shape index (κ2) is 5.09. The molecule has 0 radical (unpaired) electrons. The van der Waals surface area contributed by atoms with Crippen LogP contribution in [0.4, 0.5) is 5.82 Å². The Bertz CT molecular complexity index is 630. The van der Waals surface area contributed by atoms with E-state index < -0.39 is 10.0 Å². The summed E-state index contributed by atoms with van der Waals surface area (Å²) in [5, 5.41) is 3.98. The molecule has 2 aromatic rings. The molecule has 0 unspecified atom stereocenters. The maximum Gasteiger partial charge on any atom is 0.272 e. The third-order valence-electron chi connectivity index (χ3n) is 2.25. The van der Waals surface area contributed by atoms with E-state index in [0.29, 0.717) is 18.8 Å². The van der Waals surface area contributed by atoms with Crippen LogP contribution in [0.1, 0.15) is 4.88 Å². The molecule has 0 aliphatic carbocycles. The Balaban J connectivity index is 2.19. The Hall–Kier alpha value is -1.38. The van der Waals surface area contributed by atoms with Crippen molar-refractivity contribution >= 4 is 27.2 Å². The van der Waals surface area contributed by atoms with Crippen molar-refractivity contribution in [2.75, 3.05) is 11.3 Å². The topological polar surface area (TPSA) is 90.0 Å². The molecule has 2 rings (SSSR count). The van der Waals surface area contributed by atoms with E-state index in [0.717, 1.165) is 4.88 Å². The average Bonchev–Trinajstić information content (AvgIpc) is 2.88. The number of anilines is 1. The predicted molar refractivity (Wildman–Crippen MR) is 71.1 cm³/mol. The van der Waals surface area contributed by atoms with Crippen LogP contribution in [0, 0.1) is 0 Å². The predicted octanol–water partition coefficient (Wildman–Crippen LogP) is 0.784. The second-order valence-corrected chi connectivity index (χ2v) is 6.82. The van der Waals surface area contributed by atoms with Crippen molar-refractivity contribution in [3.63, 3.8) is 0 Å². The van der Waals surface area contributed by atoms with E-state index in [2.05, 4.69) is 9.82 Å². The summed E-state index contributed by atoms with van der Waals surface area (Å²) < 4.78 is 28.3. The quantitative estimate of drug-likeness (QED) is 0.850. The van der Waals surface area contributed by atoms with E-state index >= 15 is 0 Å². The largest absolute Gasteiger partial charge is 0.330 e. The molecule has 6 nitrogen and oxygen atoms in total. The molecule has 0 amide bonds. The smallest absolute Gasteiger partial charge is 0.272 e. The number of hydrogen-bond donors (Lipinski definition) is 2. The zero-order chi connectivity index (χ0) is 13.2. The van der Waals surface area contributed by atoms with Crippen LogP contribution in [-0.4, -0.2) is 24.7 Å². The number of sulfonamides is 1. The van der Waals surface area contributed by atoms with Crippen LogP contribution in [0.3, 0.4) is 0 Å². The van der Waals surface area contributed by atoms with Crippen molar-refractivity contribution in [3.05, 3.63) is 29.3 Å². The molecule has 98 valence electrons. The van der Waals surface area contributed by atoms with Crippen molar-refractivity contribution in [2.45, 2.75) is 10.6 Å². The number of rotatable bonds is 5. The summed E-state index contributed by atoms with van der Waals surface area (Å²) in [6.07, 6.45) is 2.36. The Morgan fingerprint density at radius 1 is 1.44 bits per heavy atom. The van der Waals surface area contributed by atoms with Gasteiger partial charge in [0.1, 0.15) is 4.21 Å². The summed E-state index contributed by atoms with van der Waals surface area (Å²) >= 11 is 1.23.